The van der Waals surface area contributed by atoms with E-state index in [0.29, 0.717) is 6.54 Å². The first-order valence-corrected chi connectivity index (χ1v) is 6.23. The van der Waals surface area contributed by atoms with Gasteiger partial charge in [-0.05, 0) is 17.7 Å². The third-order valence-corrected chi connectivity index (χ3v) is 3.49. The van der Waals surface area contributed by atoms with E-state index >= 15 is 0 Å². The normalized spacial score (nSPS) is 11.0. The highest BCUT2D eigenvalue weighted by molar-refractivity contribution is 6.34. The Kier molecular flexibility index (Phi) is 2.82. The molecule has 0 amide bonds. The average Bonchev–Trinajstić information content (AvgIpc) is 2.82. The summed E-state index contributed by atoms with van der Waals surface area (Å²) >= 11 is 6.33. The molecule has 18 heavy (non-hydrogen) atoms. The van der Waals surface area contributed by atoms with E-state index < -0.39 is 0 Å². The number of fused-ring (bicyclic) bond motifs is 1. The molecule has 1 aromatic heterocycles. The van der Waals surface area contributed by atoms with E-state index in [0.717, 1.165) is 27.2 Å². The van der Waals surface area contributed by atoms with Gasteiger partial charge in [-0.25, -0.2) is 0 Å². The van der Waals surface area contributed by atoms with Crippen LogP contribution in [-0.2, 0) is 6.54 Å². The molecule has 0 saturated carbocycles. The number of aromatic nitrogens is 1. The highest BCUT2D eigenvalue weighted by Gasteiger charge is 2.12. The van der Waals surface area contributed by atoms with Gasteiger partial charge < -0.3 is 10.7 Å². The lowest BCUT2D eigenvalue weighted by molar-refractivity contribution is 1.07. The highest BCUT2D eigenvalue weighted by atomic mass is 35.5. The zero-order chi connectivity index (χ0) is 12.5. The van der Waals surface area contributed by atoms with E-state index in [2.05, 4.69) is 17.1 Å². The fraction of sp³-hybridized carbons (Fsp3) is 0.0667. The van der Waals surface area contributed by atoms with Gasteiger partial charge in [0.25, 0.3) is 0 Å². The number of benzene rings is 2. The maximum atomic E-state index is 6.33. The summed E-state index contributed by atoms with van der Waals surface area (Å²) < 4.78 is 0. The van der Waals surface area contributed by atoms with E-state index in [1.54, 1.807) is 0 Å². The molecule has 3 aromatic rings. The number of para-hydroxylation sites is 1. The molecule has 0 spiro atoms. The Balaban J connectivity index is 2.33. The molecule has 0 aliphatic carbocycles. The first-order chi connectivity index (χ1) is 8.81. The van der Waals surface area contributed by atoms with Crippen molar-refractivity contribution < 1.29 is 0 Å². The smallest absolute Gasteiger partial charge is 0.0488 e. The van der Waals surface area contributed by atoms with Gasteiger partial charge in [0.2, 0.25) is 0 Å². The molecule has 0 atom stereocenters. The number of nitrogens with two attached hydrogens (primary N) is 1. The van der Waals surface area contributed by atoms with Crippen molar-refractivity contribution in [3.05, 3.63) is 59.2 Å². The summed E-state index contributed by atoms with van der Waals surface area (Å²) in [6, 6.07) is 14.0. The molecule has 3 rings (SSSR count). The maximum absolute atomic E-state index is 6.33. The van der Waals surface area contributed by atoms with Gasteiger partial charge in [0.15, 0.2) is 0 Å². The lowest BCUT2D eigenvalue weighted by Gasteiger charge is -2.09. The molecule has 2 nitrogen and oxygen atoms in total. The zero-order valence-corrected chi connectivity index (χ0v) is 10.5. The third kappa shape index (κ3) is 1.70. The van der Waals surface area contributed by atoms with E-state index in [1.165, 1.54) is 5.39 Å². The quantitative estimate of drug-likeness (QED) is 0.716. The Morgan fingerprint density at radius 1 is 1.06 bits per heavy atom. The van der Waals surface area contributed by atoms with Gasteiger partial charge in [0.05, 0.1) is 0 Å². The van der Waals surface area contributed by atoms with Crippen LogP contribution in [0, 0.1) is 0 Å². The topological polar surface area (TPSA) is 41.8 Å². The lowest BCUT2D eigenvalue weighted by atomic mass is 9.99. The van der Waals surface area contributed by atoms with Crippen molar-refractivity contribution >= 4 is 22.5 Å². The van der Waals surface area contributed by atoms with Crippen LogP contribution in [0.15, 0.2) is 48.7 Å². The van der Waals surface area contributed by atoms with Crippen molar-refractivity contribution in [2.45, 2.75) is 6.54 Å². The average molecular weight is 257 g/mol. The predicted octanol–water partition coefficient (Wildman–Crippen LogP) is 3.95. The van der Waals surface area contributed by atoms with Crippen LogP contribution in [-0.4, -0.2) is 4.98 Å². The van der Waals surface area contributed by atoms with Gasteiger partial charge in [0, 0.05) is 39.8 Å². The fourth-order valence-electron chi connectivity index (χ4n) is 2.32. The lowest BCUT2D eigenvalue weighted by Crippen LogP contribution is -1.99. The van der Waals surface area contributed by atoms with Gasteiger partial charge in [-0.2, -0.15) is 0 Å². The minimum atomic E-state index is 0.482. The van der Waals surface area contributed by atoms with E-state index in [1.807, 2.05) is 36.5 Å². The van der Waals surface area contributed by atoms with Crippen molar-refractivity contribution in [2.24, 2.45) is 5.73 Å². The molecular formula is C15H13ClN2. The van der Waals surface area contributed by atoms with Crippen molar-refractivity contribution in [2.75, 3.05) is 0 Å². The van der Waals surface area contributed by atoms with Crippen molar-refractivity contribution in [1.29, 1.82) is 0 Å². The molecule has 0 bridgehead atoms. The Bertz CT molecular complexity index is 701. The summed E-state index contributed by atoms with van der Waals surface area (Å²) in [6.07, 6.45) is 1.99. The standard InChI is InChI=1S/C15H13ClN2/c16-13-6-3-4-10(8-17)15(13)12-9-18-14-7-2-1-5-11(12)14/h1-7,9,18H,8,17H2. The summed E-state index contributed by atoms with van der Waals surface area (Å²) in [6.45, 7) is 0.482. The van der Waals surface area contributed by atoms with Crippen LogP contribution >= 0.6 is 11.6 Å². The minimum Gasteiger partial charge on any atom is -0.361 e. The number of hydrogen-bond donors (Lipinski definition) is 2. The molecule has 3 heteroatoms. The summed E-state index contributed by atoms with van der Waals surface area (Å²) in [5.41, 5.74) is 10.1. The number of H-pyrrole nitrogens is 1. The zero-order valence-electron chi connectivity index (χ0n) is 9.78. The summed E-state index contributed by atoms with van der Waals surface area (Å²) in [4.78, 5) is 3.27. The highest BCUT2D eigenvalue weighted by Crippen LogP contribution is 2.35. The molecule has 90 valence electrons. The van der Waals surface area contributed by atoms with Crippen LogP contribution < -0.4 is 5.73 Å². The molecule has 0 radical (unpaired) electrons. The molecule has 0 aliphatic rings. The molecule has 2 aromatic carbocycles. The van der Waals surface area contributed by atoms with Gasteiger partial charge in [-0.1, -0.05) is 41.9 Å². The monoisotopic (exact) mass is 256 g/mol. The van der Waals surface area contributed by atoms with Crippen molar-refractivity contribution in [3.63, 3.8) is 0 Å². The molecule has 1 heterocycles. The van der Waals surface area contributed by atoms with Crippen LogP contribution in [0.25, 0.3) is 22.0 Å². The second-order valence-electron chi connectivity index (χ2n) is 4.23. The van der Waals surface area contributed by atoms with Gasteiger partial charge in [-0.3, -0.25) is 0 Å². The van der Waals surface area contributed by atoms with Gasteiger partial charge in [0.1, 0.15) is 0 Å². The van der Waals surface area contributed by atoms with Gasteiger partial charge in [-0.15, -0.1) is 0 Å². The van der Waals surface area contributed by atoms with Crippen LogP contribution in [0.1, 0.15) is 5.56 Å². The SMILES string of the molecule is NCc1cccc(Cl)c1-c1c[nH]c2ccccc12. The van der Waals surface area contributed by atoms with Crippen molar-refractivity contribution in [1.82, 2.24) is 4.98 Å². The Morgan fingerprint density at radius 3 is 2.72 bits per heavy atom. The summed E-state index contributed by atoms with van der Waals surface area (Å²) in [7, 11) is 0. The Morgan fingerprint density at radius 2 is 1.89 bits per heavy atom. The Hall–Kier alpha value is -1.77. The molecular weight excluding hydrogens is 244 g/mol. The largest absolute Gasteiger partial charge is 0.361 e. The number of rotatable bonds is 2. The molecule has 0 saturated heterocycles. The maximum Gasteiger partial charge on any atom is 0.0488 e. The second kappa shape index (κ2) is 4.48. The summed E-state index contributed by atoms with van der Waals surface area (Å²) in [5.74, 6) is 0. The van der Waals surface area contributed by atoms with Crippen LogP contribution in [0.3, 0.4) is 0 Å². The fourth-order valence-corrected chi connectivity index (χ4v) is 2.61. The molecule has 3 N–H and O–H groups in total. The van der Waals surface area contributed by atoms with E-state index in [4.69, 9.17) is 17.3 Å². The number of halogens is 1. The third-order valence-electron chi connectivity index (χ3n) is 3.18. The van der Waals surface area contributed by atoms with Crippen LogP contribution in [0.2, 0.25) is 5.02 Å². The first kappa shape index (κ1) is 11.3. The molecule has 0 aliphatic heterocycles. The number of hydrogen-bond acceptors (Lipinski definition) is 1. The molecule has 0 fully saturated rings. The van der Waals surface area contributed by atoms with Crippen LogP contribution in [0.5, 0.6) is 0 Å². The minimum absolute atomic E-state index is 0.482. The van der Waals surface area contributed by atoms with E-state index in [-0.39, 0.29) is 0 Å². The molecule has 0 unspecified atom stereocenters. The second-order valence-corrected chi connectivity index (χ2v) is 4.63. The van der Waals surface area contributed by atoms with Crippen LogP contribution in [0.4, 0.5) is 0 Å². The first-order valence-electron chi connectivity index (χ1n) is 5.85. The Labute approximate surface area is 110 Å². The summed E-state index contributed by atoms with van der Waals surface area (Å²) in [5, 5.41) is 1.91. The number of nitrogens with one attached hydrogen (secondary N) is 1. The predicted molar refractivity (Wildman–Crippen MR) is 76.6 cm³/mol. The van der Waals surface area contributed by atoms with Crippen molar-refractivity contribution in [3.8, 4) is 11.1 Å². The van der Waals surface area contributed by atoms with Gasteiger partial charge >= 0.3 is 0 Å². The number of aromatic amines is 1. The van der Waals surface area contributed by atoms with E-state index in [9.17, 15) is 0 Å².